The van der Waals surface area contributed by atoms with Crippen molar-refractivity contribution in [2.45, 2.75) is 23.8 Å². The van der Waals surface area contributed by atoms with E-state index in [1.54, 1.807) is 12.1 Å². The van der Waals surface area contributed by atoms with Crippen LogP contribution >= 0.6 is 12.4 Å². The van der Waals surface area contributed by atoms with Gasteiger partial charge in [-0.25, -0.2) is 8.42 Å². The second-order valence-electron chi connectivity index (χ2n) is 5.27. The molecule has 0 amide bonds. The zero-order chi connectivity index (χ0) is 14.2. The third-order valence-electron chi connectivity index (χ3n) is 3.78. The molecule has 0 spiro atoms. The van der Waals surface area contributed by atoms with Crippen molar-refractivity contribution in [2.24, 2.45) is 5.73 Å². The van der Waals surface area contributed by atoms with Crippen LogP contribution in [0.5, 0.6) is 0 Å². The number of nitrogens with zero attached hydrogens (tertiary/aromatic N) is 1. The second kappa shape index (κ2) is 6.32. The van der Waals surface area contributed by atoms with Crippen molar-refractivity contribution in [3.63, 3.8) is 0 Å². The SMILES string of the molecule is Cl.NC1CCCN(S(=O)(=O)c2ccc3ccccc3c2)C1. The molecular formula is C15H19ClN2O2S. The lowest BCUT2D eigenvalue weighted by Crippen LogP contribution is -2.45. The Morgan fingerprint density at radius 1 is 1.10 bits per heavy atom. The van der Waals surface area contributed by atoms with Crippen molar-refractivity contribution in [1.82, 2.24) is 4.31 Å². The Bertz CT molecular complexity index is 733. The first-order valence-corrected chi connectivity index (χ1v) is 8.26. The number of piperidine rings is 1. The number of hydrogen-bond donors (Lipinski definition) is 1. The van der Waals surface area contributed by atoms with Crippen LogP contribution in [0.4, 0.5) is 0 Å². The van der Waals surface area contributed by atoms with Gasteiger partial charge in [0.1, 0.15) is 0 Å². The Balaban J connectivity index is 0.00000161. The van der Waals surface area contributed by atoms with Crippen molar-refractivity contribution in [3.8, 4) is 0 Å². The first-order valence-electron chi connectivity index (χ1n) is 6.82. The third kappa shape index (κ3) is 3.21. The fourth-order valence-electron chi connectivity index (χ4n) is 2.67. The van der Waals surface area contributed by atoms with Crippen molar-refractivity contribution in [3.05, 3.63) is 42.5 Å². The molecule has 1 saturated heterocycles. The standard InChI is InChI=1S/C15H18N2O2S.ClH/c16-14-6-3-9-17(11-14)20(18,19)15-8-7-12-4-1-2-5-13(12)10-15;/h1-2,4-5,7-8,10,14H,3,6,9,11,16H2;1H. The molecule has 1 atom stereocenters. The summed E-state index contributed by atoms with van der Waals surface area (Å²) in [7, 11) is -3.43. The average Bonchev–Trinajstić information content (AvgIpc) is 2.46. The summed E-state index contributed by atoms with van der Waals surface area (Å²) in [4.78, 5) is 0.352. The highest BCUT2D eigenvalue weighted by atomic mass is 35.5. The van der Waals surface area contributed by atoms with E-state index in [9.17, 15) is 8.42 Å². The highest BCUT2D eigenvalue weighted by Crippen LogP contribution is 2.23. The molecular weight excluding hydrogens is 308 g/mol. The third-order valence-corrected chi connectivity index (χ3v) is 5.64. The van der Waals surface area contributed by atoms with Crippen LogP contribution in [-0.2, 0) is 10.0 Å². The molecule has 2 N–H and O–H groups in total. The van der Waals surface area contributed by atoms with Crippen LogP contribution in [0.15, 0.2) is 47.4 Å². The predicted octanol–water partition coefficient (Wildman–Crippen LogP) is 2.37. The molecule has 2 aromatic rings. The number of nitrogens with two attached hydrogens (primary N) is 1. The van der Waals surface area contributed by atoms with Crippen LogP contribution in [0.2, 0.25) is 0 Å². The van der Waals surface area contributed by atoms with Crippen LogP contribution < -0.4 is 5.73 Å². The number of fused-ring (bicyclic) bond motifs is 1. The van der Waals surface area contributed by atoms with Gasteiger partial charge < -0.3 is 5.73 Å². The van der Waals surface area contributed by atoms with Gasteiger partial charge in [-0.3, -0.25) is 0 Å². The summed E-state index contributed by atoms with van der Waals surface area (Å²) in [5, 5.41) is 1.98. The van der Waals surface area contributed by atoms with E-state index in [-0.39, 0.29) is 18.4 Å². The van der Waals surface area contributed by atoms with Crippen LogP contribution in [-0.4, -0.2) is 31.9 Å². The zero-order valence-electron chi connectivity index (χ0n) is 11.6. The molecule has 0 saturated carbocycles. The lowest BCUT2D eigenvalue weighted by Gasteiger charge is -2.29. The Morgan fingerprint density at radius 3 is 2.52 bits per heavy atom. The minimum atomic E-state index is -3.43. The van der Waals surface area contributed by atoms with Crippen LogP contribution in [0, 0.1) is 0 Å². The number of rotatable bonds is 2. The molecule has 6 heteroatoms. The van der Waals surface area contributed by atoms with Gasteiger partial charge in [0, 0.05) is 19.1 Å². The smallest absolute Gasteiger partial charge is 0.243 e. The predicted molar refractivity (Wildman–Crippen MR) is 87.2 cm³/mol. The number of halogens is 1. The average molecular weight is 327 g/mol. The Kier molecular flexibility index (Phi) is 4.88. The van der Waals surface area contributed by atoms with Crippen LogP contribution in [0.25, 0.3) is 10.8 Å². The summed E-state index contributed by atoms with van der Waals surface area (Å²) in [5.74, 6) is 0. The Hall–Kier alpha value is -1.14. The van der Waals surface area contributed by atoms with E-state index < -0.39 is 10.0 Å². The molecule has 0 bridgehead atoms. The minimum absolute atomic E-state index is 0. The van der Waals surface area contributed by atoms with Crippen molar-refractivity contribution >= 4 is 33.2 Å². The zero-order valence-corrected chi connectivity index (χ0v) is 13.2. The van der Waals surface area contributed by atoms with Gasteiger partial charge in [-0.2, -0.15) is 4.31 Å². The van der Waals surface area contributed by atoms with E-state index in [1.807, 2.05) is 30.3 Å². The highest BCUT2D eigenvalue weighted by Gasteiger charge is 2.28. The second-order valence-corrected chi connectivity index (χ2v) is 7.21. The number of sulfonamides is 1. The van der Waals surface area contributed by atoms with Gasteiger partial charge in [-0.15, -0.1) is 12.4 Å². The highest BCUT2D eigenvalue weighted by molar-refractivity contribution is 7.89. The van der Waals surface area contributed by atoms with E-state index in [4.69, 9.17) is 5.73 Å². The van der Waals surface area contributed by atoms with Crippen LogP contribution in [0.1, 0.15) is 12.8 Å². The monoisotopic (exact) mass is 326 g/mol. The molecule has 114 valence electrons. The van der Waals surface area contributed by atoms with Gasteiger partial charge in [-0.1, -0.05) is 30.3 Å². The molecule has 1 fully saturated rings. The van der Waals surface area contributed by atoms with Gasteiger partial charge in [0.15, 0.2) is 0 Å². The van der Waals surface area contributed by atoms with E-state index in [0.717, 1.165) is 23.6 Å². The quantitative estimate of drug-likeness (QED) is 0.921. The summed E-state index contributed by atoms with van der Waals surface area (Å²) in [6, 6.07) is 13.0. The molecule has 0 aromatic heterocycles. The lowest BCUT2D eigenvalue weighted by molar-refractivity contribution is 0.316. The first kappa shape index (κ1) is 16.2. The Labute approximate surface area is 131 Å². The van der Waals surface area contributed by atoms with Gasteiger partial charge in [0.2, 0.25) is 10.0 Å². The fourth-order valence-corrected chi connectivity index (χ4v) is 4.24. The summed E-state index contributed by atoms with van der Waals surface area (Å²) in [6.45, 7) is 0.970. The molecule has 1 unspecified atom stereocenters. The minimum Gasteiger partial charge on any atom is -0.327 e. The molecule has 21 heavy (non-hydrogen) atoms. The topological polar surface area (TPSA) is 63.4 Å². The molecule has 4 nitrogen and oxygen atoms in total. The summed E-state index contributed by atoms with van der Waals surface area (Å²) >= 11 is 0. The van der Waals surface area contributed by atoms with E-state index in [1.165, 1.54) is 4.31 Å². The number of benzene rings is 2. The summed E-state index contributed by atoms with van der Waals surface area (Å²) in [5.41, 5.74) is 5.88. The van der Waals surface area contributed by atoms with E-state index in [2.05, 4.69) is 0 Å². The first-order chi connectivity index (χ1) is 9.57. The number of hydrogen-bond acceptors (Lipinski definition) is 3. The fraction of sp³-hybridized carbons (Fsp3) is 0.333. The van der Waals surface area contributed by atoms with Gasteiger partial charge in [0.25, 0.3) is 0 Å². The van der Waals surface area contributed by atoms with Gasteiger partial charge in [-0.05, 0) is 35.7 Å². The summed E-state index contributed by atoms with van der Waals surface area (Å²) < 4.78 is 26.8. The van der Waals surface area contributed by atoms with Crippen molar-refractivity contribution in [2.75, 3.05) is 13.1 Å². The maximum atomic E-state index is 12.6. The maximum Gasteiger partial charge on any atom is 0.243 e. The van der Waals surface area contributed by atoms with Gasteiger partial charge in [0.05, 0.1) is 4.90 Å². The lowest BCUT2D eigenvalue weighted by atomic mass is 10.1. The normalized spacial score (nSPS) is 20.1. The molecule has 1 aliphatic rings. The van der Waals surface area contributed by atoms with Gasteiger partial charge >= 0.3 is 0 Å². The summed E-state index contributed by atoms with van der Waals surface area (Å²) in [6.07, 6.45) is 1.72. The van der Waals surface area contributed by atoms with Crippen molar-refractivity contribution < 1.29 is 8.42 Å². The molecule has 1 aliphatic heterocycles. The molecule has 0 radical (unpaired) electrons. The molecule has 0 aliphatic carbocycles. The van der Waals surface area contributed by atoms with Crippen LogP contribution in [0.3, 0.4) is 0 Å². The maximum absolute atomic E-state index is 12.6. The molecule has 2 aromatic carbocycles. The largest absolute Gasteiger partial charge is 0.327 e. The van der Waals surface area contributed by atoms with Crippen molar-refractivity contribution in [1.29, 1.82) is 0 Å². The molecule has 1 heterocycles. The van der Waals surface area contributed by atoms with E-state index >= 15 is 0 Å². The molecule has 3 rings (SSSR count). The Morgan fingerprint density at radius 2 is 1.81 bits per heavy atom. The van der Waals surface area contributed by atoms with E-state index in [0.29, 0.717) is 18.0 Å².